The second-order valence-electron chi connectivity index (χ2n) is 4.16. The molecule has 0 aromatic heterocycles. The van der Waals surface area contributed by atoms with Crippen molar-refractivity contribution in [2.24, 2.45) is 0 Å². The Morgan fingerprint density at radius 1 is 1.47 bits per heavy atom. The topological polar surface area (TPSA) is 47.9 Å². The number of hydrogen-bond acceptors (Lipinski definition) is 4. The van der Waals surface area contributed by atoms with Crippen LogP contribution in [0, 0.1) is 0 Å². The van der Waals surface area contributed by atoms with Gasteiger partial charge in [-0.25, -0.2) is 0 Å². The Bertz CT molecular complexity index is 370. The maximum absolute atomic E-state index is 9.73. The van der Waals surface area contributed by atoms with Crippen LogP contribution in [0.3, 0.4) is 0 Å². The number of aliphatic hydroxyl groups is 1. The highest BCUT2D eigenvalue weighted by Gasteiger charge is 2.22. The summed E-state index contributed by atoms with van der Waals surface area (Å²) >= 11 is 0. The van der Waals surface area contributed by atoms with Crippen LogP contribution in [0.1, 0.15) is 25.0 Å². The van der Waals surface area contributed by atoms with Crippen molar-refractivity contribution in [1.29, 1.82) is 0 Å². The molecule has 1 N–H and O–H groups in total. The molecule has 2 atom stereocenters. The first-order valence-corrected chi connectivity index (χ1v) is 5.81. The molecule has 1 aromatic carbocycles. The van der Waals surface area contributed by atoms with E-state index < -0.39 is 6.10 Å². The number of methoxy groups -OCH3 is 1. The fraction of sp³-hybridized carbons (Fsp3) is 0.538. The second-order valence-corrected chi connectivity index (χ2v) is 4.16. The molecule has 1 aliphatic rings. The molecule has 2 rings (SSSR count). The summed E-state index contributed by atoms with van der Waals surface area (Å²) in [6.07, 6.45) is 0.336. The van der Waals surface area contributed by atoms with Crippen LogP contribution >= 0.6 is 0 Å². The van der Waals surface area contributed by atoms with E-state index >= 15 is 0 Å². The Balaban J connectivity index is 2.27. The van der Waals surface area contributed by atoms with Crippen molar-refractivity contribution in [2.75, 3.05) is 20.3 Å². The van der Waals surface area contributed by atoms with E-state index in [4.69, 9.17) is 14.2 Å². The number of aliphatic hydroxyl groups excluding tert-OH is 1. The van der Waals surface area contributed by atoms with Gasteiger partial charge < -0.3 is 19.3 Å². The van der Waals surface area contributed by atoms with Crippen molar-refractivity contribution < 1.29 is 19.3 Å². The minimum Gasteiger partial charge on any atom is -0.493 e. The molecule has 0 saturated carbocycles. The van der Waals surface area contributed by atoms with Gasteiger partial charge in [0.15, 0.2) is 11.5 Å². The molecule has 94 valence electrons. The fourth-order valence-electron chi connectivity index (χ4n) is 1.92. The second kappa shape index (κ2) is 5.38. The van der Waals surface area contributed by atoms with Gasteiger partial charge in [0, 0.05) is 12.0 Å². The molecule has 1 saturated heterocycles. The molecule has 4 nitrogen and oxygen atoms in total. The van der Waals surface area contributed by atoms with Gasteiger partial charge >= 0.3 is 0 Å². The van der Waals surface area contributed by atoms with Gasteiger partial charge in [-0.15, -0.1) is 0 Å². The predicted molar refractivity (Wildman–Crippen MR) is 63.5 cm³/mol. The molecule has 1 heterocycles. The molecule has 0 bridgehead atoms. The highest BCUT2D eigenvalue weighted by Crippen LogP contribution is 2.36. The van der Waals surface area contributed by atoms with E-state index in [1.807, 2.05) is 18.2 Å². The fourth-order valence-corrected chi connectivity index (χ4v) is 1.92. The minimum absolute atomic E-state index is 0.0452. The van der Waals surface area contributed by atoms with Crippen LogP contribution in [0.15, 0.2) is 18.2 Å². The standard InChI is InChI=1S/C13H18O4/c1-9(14)11-4-3-5-12(15-2)13(11)17-10-6-7-16-8-10/h3-5,9-10,14H,6-8H2,1-2H3. The summed E-state index contributed by atoms with van der Waals surface area (Å²) in [5, 5.41) is 9.73. The minimum atomic E-state index is -0.581. The SMILES string of the molecule is COc1cccc(C(C)O)c1OC1CCOC1. The van der Waals surface area contributed by atoms with Gasteiger partial charge in [0.2, 0.25) is 0 Å². The van der Waals surface area contributed by atoms with Crippen LogP contribution in [-0.4, -0.2) is 31.5 Å². The molecular weight excluding hydrogens is 220 g/mol. The summed E-state index contributed by atoms with van der Waals surface area (Å²) in [6.45, 7) is 3.04. The van der Waals surface area contributed by atoms with Crippen molar-refractivity contribution in [3.8, 4) is 11.5 Å². The molecule has 1 fully saturated rings. The summed E-state index contributed by atoms with van der Waals surface area (Å²) in [7, 11) is 1.60. The highest BCUT2D eigenvalue weighted by atomic mass is 16.6. The van der Waals surface area contributed by atoms with E-state index in [1.54, 1.807) is 14.0 Å². The van der Waals surface area contributed by atoms with Gasteiger partial charge in [0.25, 0.3) is 0 Å². The zero-order chi connectivity index (χ0) is 12.3. The normalized spacial score (nSPS) is 21.2. The van der Waals surface area contributed by atoms with Crippen molar-refractivity contribution in [1.82, 2.24) is 0 Å². The molecule has 0 radical (unpaired) electrons. The molecule has 17 heavy (non-hydrogen) atoms. The average molecular weight is 238 g/mol. The average Bonchev–Trinajstić information content (AvgIpc) is 2.82. The first-order chi connectivity index (χ1) is 8.22. The lowest BCUT2D eigenvalue weighted by Crippen LogP contribution is -2.17. The number of rotatable bonds is 4. The van der Waals surface area contributed by atoms with E-state index in [1.165, 1.54) is 0 Å². The third-order valence-corrected chi connectivity index (χ3v) is 2.85. The largest absolute Gasteiger partial charge is 0.493 e. The van der Waals surface area contributed by atoms with Gasteiger partial charge in [-0.2, -0.15) is 0 Å². The van der Waals surface area contributed by atoms with Crippen LogP contribution in [0.5, 0.6) is 11.5 Å². The summed E-state index contributed by atoms with van der Waals surface area (Å²) in [5.41, 5.74) is 0.747. The maximum Gasteiger partial charge on any atom is 0.167 e. The Morgan fingerprint density at radius 2 is 2.29 bits per heavy atom. The van der Waals surface area contributed by atoms with Crippen molar-refractivity contribution >= 4 is 0 Å². The summed E-state index contributed by atoms with van der Waals surface area (Å²) in [5.74, 6) is 1.27. The summed E-state index contributed by atoms with van der Waals surface area (Å²) in [6, 6.07) is 5.52. The van der Waals surface area contributed by atoms with Crippen LogP contribution in [0.4, 0.5) is 0 Å². The summed E-state index contributed by atoms with van der Waals surface area (Å²) < 4.78 is 16.4. The molecule has 0 spiro atoms. The molecule has 1 aromatic rings. The molecule has 0 aliphatic carbocycles. The lowest BCUT2D eigenvalue weighted by Gasteiger charge is -2.19. The van der Waals surface area contributed by atoms with E-state index in [-0.39, 0.29) is 6.10 Å². The number of para-hydroxylation sites is 1. The predicted octanol–water partition coefficient (Wildman–Crippen LogP) is 1.92. The van der Waals surface area contributed by atoms with E-state index in [9.17, 15) is 5.11 Å². The van der Waals surface area contributed by atoms with E-state index in [0.717, 1.165) is 18.6 Å². The Hall–Kier alpha value is -1.26. The lowest BCUT2D eigenvalue weighted by molar-refractivity contribution is 0.132. The van der Waals surface area contributed by atoms with Gasteiger partial charge in [0.1, 0.15) is 6.10 Å². The zero-order valence-electron chi connectivity index (χ0n) is 10.2. The highest BCUT2D eigenvalue weighted by molar-refractivity contribution is 5.47. The molecule has 4 heteroatoms. The molecule has 1 aliphatic heterocycles. The van der Waals surface area contributed by atoms with Crippen molar-refractivity contribution in [3.63, 3.8) is 0 Å². The zero-order valence-corrected chi connectivity index (χ0v) is 10.2. The van der Waals surface area contributed by atoms with Gasteiger partial charge in [-0.1, -0.05) is 12.1 Å². The summed E-state index contributed by atoms with van der Waals surface area (Å²) in [4.78, 5) is 0. The van der Waals surface area contributed by atoms with Crippen LogP contribution < -0.4 is 9.47 Å². The maximum atomic E-state index is 9.73. The lowest BCUT2D eigenvalue weighted by atomic mass is 10.1. The number of benzene rings is 1. The Morgan fingerprint density at radius 3 is 2.88 bits per heavy atom. The third kappa shape index (κ3) is 2.70. The van der Waals surface area contributed by atoms with E-state index in [2.05, 4.69) is 0 Å². The van der Waals surface area contributed by atoms with Crippen molar-refractivity contribution in [3.05, 3.63) is 23.8 Å². The van der Waals surface area contributed by atoms with Gasteiger partial charge in [-0.05, 0) is 13.0 Å². The third-order valence-electron chi connectivity index (χ3n) is 2.85. The Kier molecular flexibility index (Phi) is 3.86. The van der Waals surface area contributed by atoms with E-state index in [0.29, 0.717) is 18.1 Å². The smallest absolute Gasteiger partial charge is 0.167 e. The van der Waals surface area contributed by atoms with Crippen LogP contribution in [0.2, 0.25) is 0 Å². The van der Waals surface area contributed by atoms with Gasteiger partial charge in [-0.3, -0.25) is 0 Å². The van der Waals surface area contributed by atoms with Crippen molar-refractivity contribution in [2.45, 2.75) is 25.6 Å². The Labute approximate surface area is 101 Å². The van der Waals surface area contributed by atoms with Gasteiger partial charge in [0.05, 0.1) is 26.4 Å². The number of hydrogen-bond donors (Lipinski definition) is 1. The quantitative estimate of drug-likeness (QED) is 0.870. The molecular formula is C13H18O4. The molecule has 0 amide bonds. The van der Waals surface area contributed by atoms with Crippen LogP contribution in [0.25, 0.3) is 0 Å². The number of ether oxygens (including phenoxy) is 3. The molecule has 2 unspecified atom stereocenters. The monoisotopic (exact) mass is 238 g/mol. The van der Waals surface area contributed by atoms with Crippen LogP contribution in [-0.2, 0) is 4.74 Å². The first kappa shape index (κ1) is 12.2. The first-order valence-electron chi connectivity index (χ1n) is 5.81.